The van der Waals surface area contributed by atoms with E-state index in [2.05, 4.69) is 55.5 Å². The maximum Gasteiger partial charge on any atom is 0.466 e. The minimum absolute atomic E-state index is 0.698. The second-order valence-corrected chi connectivity index (χ2v) is 6.91. The summed E-state index contributed by atoms with van der Waals surface area (Å²) < 4.78 is 14.7. The first-order chi connectivity index (χ1) is 12.8. The standard InChI is InChI=1S/C21H20O.H3O4P/c1-17-18(15-16-22-20-12-6-3-7-13-20)11-8-14-21(17)19-9-4-2-5-10-19;1-5(2,3)4/h2-14H,15-16H2,1H3;(H3,1,2,3,4). The molecule has 0 unspecified atom stereocenters. The van der Waals surface area contributed by atoms with Gasteiger partial charge in [0, 0.05) is 6.42 Å². The van der Waals surface area contributed by atoms with Gasteiger partial charge in [0.2, 0.25) is 0 Å². The minimum Gasteiger partial charge on any atom is -0.493 e. The normalized spacial score (nSPS) is 10.7. The smallest absolute Gasteiger partial charge is 0.466 e. The Labute approximate surface area is 159 Å². The fraction of sp³-hybridized carbons (Fsp3) is 0.143. The van der Waals surface area contributed by atoms with Gasteiger partial charge in [-0.05, 0) is 41.3 Å². The molecular formula is C21H23O5P. The van der Waals surface area contributed by atoms with Crippen molar-refractivity contribution >= 4 is 7.82 Å². The molecule has 0 aliphatic rings. The summed E-state index contributed by atoms with van der Waals surface area (Å²) in [5.41, 5.74) is 5.26. The molecule has 5 nitrogen and oxygen atoms in total. The lowest BCUT2D eigenvalue weighted by Crippen LogP contribution is -2.03. The maximum absolute atomic E-state index is 8.88. The highest BCUT2D eigenvalue weighted by molar-refractivity contribution is 7.45. The summed E-state index contributed by atoms with van der Waals surface area (Å²) >= 11 is 0. The Morgan fingerprint density at radius 3 is 1.96 bits per heavy atom. The summed E-state index contributed by atoms with van der Waals surface area (Å²) in [6.07, 6.45) is 0.918. The third-order valence-electron chi connectivity index (χ3n) is 3.91. The molecule has 0 saturated carbocycles. The number of benzene rings is 3. The molecular weight excluding hydrogens is 363 g/mol. The van der Waals surface area contributed by atoms with Crippen molar-refractivity contribution in [3.63, 3.8) is 0 Å². The van der Waals surface area contributed by atoms with Gasteiger partial charge in [-0.15, -0.1) is 0 Å². The zero-order chi connectivity index (χ0) is 19.7. The summed E-state index contributed by atoms with van der Waals surface area (Å²) in [7, 11) is -4.64. The van der Waals surface area contributed by atoms with Gasteiger partial charge < -0.3 is 19.4 Å². The van der Waals surface area contributed by atoms with Crippen LogP contribution >= 0.6 is 7.82 Å². The van der Waals surface area contributed by atoms with E-state index in [1.807, 2.05) is 30.3 Å². The van der Waals surface area contributed by atoms with Crippen LogP contribution in [0.5, 0.6) is 5.75 Å². The molecule has 3 aromatic carbocycles. The van der Waals surface area contributed by atoms with Crippen LogP contribution in [0.15, 0.2) is 78.9 Å². The van der Waals surface area contributed by atoms with Gasteiger partial charge >= 0.3 is 7.82 Å². The van der Waals surface area contributed by atoms with Crippen LogP contribution in [0.3, 0.4) is 0 Å². The Morgan fingerprint density at radius 2 is 1.37 bits per heavy atom. The van der Waals surface area contributed by atoms with E-state index in [1.165, 1.54) is 22.3 Å². The highest BCUT2D eigenvalue weighted by Crippen LogP contribution is 2.26. The third kappa shape index (κ3) is 7.77. The molecule has 6 heteroatoms. The van der Waals surface area contributed by atoms with Crippen molar-refractivity contribution < 1.29 is 24.0 Å². The molecule has 0 radical (unpaired) electrons. The van der Waals surface area contributed by atoms with Crippen molar-refractivity contribution in [3.8, 4) is 16.9 Å². The summed E-state index contributed by atoms with van der Waals surface area (Å²) in [5.74, 6) is 0.930. The Morgan fingerprint density at radius 1 is 0.815 bits per heavy atom. The second-order valence-electron chi connectivity index (χ2n) is 5.88. The number of ether oxygens (including phenoxy) is 1. The first-order valence-electron chi connectivity index (χ1n) is 8.44. The van der Waals surface area contributed by atoms with Crippen LogP contribution in [0.2, 0.25) is 0 Å². The molecule has 0 aliphatic heterocycles. The van der Waals surface area contributed by atoms with Crippen molar-refractivity contribution in [2.45, 2.75) is 13.3 Å². The van der Waals surface area contributed by atoms with Gasteiger partial charge in [-0.25, -0.2) is 4.57 Å². The zero-order valence-corrected chi connectivity index (χ0v) is 15.9. The third-order valence-corrected chi connectivity index (χ3v) is 3.91. The molecule has 0 heterocycles. The predicted molar refractivity (Wildman–Crippen MR) is 107 cm³/mol. The molecule has 0 saturated heterocycles. The van der Waals surface area contributed by atoms with Crippen LogP contribution in [0.25, 0.3) is 11.1 Å². The lowest BCUT2D eigenvalue weighted by Gasteiger charge is -2.12. The predicted octanol–water partition coefficient (Wildman–Crippen LogP) is 4.35. The Kier molecular flexibility index (Phi) is 7.77. The van der Waals surface area contributed by atoms with Crippen molar-refractivity contribution in [3.05, 3.63) is 90.0 Å². The van der Waals surface area contributed by atoms with E-state index in [0.717, 1.165) is 12.2 Å². The van der Waals surface area contributed by atoms with Crippen LogP contribution in [-0.4, -0.2) is 21.3 Å². The van der Waals surface area contributed by atoms with Crippen molar-refractivity contribution in [1.82, 2.24) is 0 Å². The highest BCUT2D eigenvalue weighted by atomic mass is 31.2. The van der Waals surface area contributed by atoms with E-state index in [0.29, 0.717) is 6.61 Å². The molecule has 3 rings (SSSR count). The molecule has 0 atom stereocenters. The molecule has 142 valence electrons. The van der Waals surface area contributed by atoms with E-state index in [1.54, 1.807) is 0 Å². The summed E-state index contributed by atoms with van der Waals surface area (Å²) in [6, 6.07) is 27.0. The van der Waals surface area contributed by atoms with Gasteiger partial charge in [-0.1, -0.05) is 66.7 Å². The SMILES string of the molecule is Cc1c(CCOc2ccccc2)cccc1-c1ccccc1.O=P(O)(O)O. The van der Waals surface area contributed by atoms with E-state index in [-0.39, 0.29) is 0 Å². The van der Waals surface area contributed by atoms with E-state index < -0.39 is 7.82 Å². The summed E-state index contributed by atoms with van der Waals surface area (Å²) in [4.78, 5) is 21.6. The molecule has 0 fully saturated rings. The number of hydrogen-bond donors (Lipinski definition) is 3. The number of phosphoric acid groups is 1. The first kappa shape index (κ1) is 20.9. The quantitative estimate of drug-likeness (QED) is 0.568. The largest absolute Gasteiger partial charge is 0.493 e. The molecule has 0 spiro atoms. The van der Waals surface area contributed by atoms with Gasteiger partial charge in [0.1, 0.15) is 5.75 Å². The molecule has 3 aromatic rings. The van der Waals surface area contributed by atoms with Crippen LogP contribution in [0, 0.1) is 6.92 Å². The van der Waals surface area contributed by atoms with Crippen LogP contribution in [-0.2, 0) is 11.0 Å². The maximum atomic E-state index is 8.88. The molecule has 3 N–H and O–H groups in total. The number of hydrogen-bond acceptors (Lipinski definition) is 2. The van der Waals surface area contributed by atoms with Gasteiger partial charge in [0.25, 0.3) is 0 Å². The van der Waals surface area contributed by atoms with Crippen molar-refractivity contribution in [2.75, 3.05) is 6.61 Å². The average Bonchev–Trinajstić information content (AvgIpc) is 2.63. The van der Waals surface area contributed by atoms with E-state index >= 15 is 0 Å². The molecule has 0 aliphatic carbocycles. The number of para-hydroxylation sites is 1. The van der Waals surface area contributed by atoms with Crippen LogP contribution < -0.4 is 4.74 Å². The molecule has 0 aromatic heterocycles. The van der Waals surface area contributed by atoms with E-state index in [9.17, 15) is 0 Å². The zero-order valence-electron chi connectivity index (χ0n) is 15.0. The fourth-order valence-corrected chi connectivity index (χ4v) is 2.68. The lowest BCUT2D eigenvalue weighted by atomic mass is 9.95. The summed E-state index contributed by atoms with van der Waals surface area (Å²) in [6.45, 7) is 2.89. The Balaban J connectivity index is 0.000000465. The topological polar surface area (TPSA) is 87.0 Å². The van der Waals surface area contributed by atoms with Gasteiger partial charge in [0.15, 0.2) is 0 Å². The Hall–Kier alpha value is -2.43. The van der Waals surface area contributed by atoms with Gasteiger partial charge in [-0.2, -0.15) is 0 Å². The highest BCUT2D eigenvalue weighted by Gasteiger charge is 2.06. The second kappa shape index (κ2) is 10.0. The molecule has 27 heavy (non-hydrogen) atoms. The average molecular weight is 386 g/mol. The van der Waals surface area contributed by atoms with E-state index in [4.69, 9.17) is 24.0 Å². The minimum atomic E-state index is -4.64. The number of rotatable bonds is 5. The monoisotopic (exact) mass is 386 g/mol. The Bertz CT molecular complexity index is 867. The van der Waals surface area contributed by atoms with Crippen molar-refractivity contribution in [2.24, 2.45) is 0 Å². The van der Waals surface area contributed by atoms with Crippen LogP contribution in [0.4, 0.5) is 0 Å². The van der Waals surface area contributed by atoms with Gasteiger partial charge in [-0.3, -0.25) is 0 Å². The van der Waals surface area contributed by atoms with Crippen molar-refractivity contribution in [1.29, 1.82) is 0 Å². The van der Waals surface area contributed by atoms with Gasteiger partial charge in [0.05, 0.1) is 6.61 Å². The fourth-order valence-electron chi connectivity index (χ4n) is 2.68. The molecule has 0 bridgehead atoms. The van der Waals surface area contributed by atoms with Crippen LogP contribution in [0.1, 0.15) is 11.1 Å². The summed E-state index contributed by atoms with van der Waals surface area (Å²) in [5, 5.41) is 0. The first-order valence-corrected chi connectivity index (χ1v) is 10.0. The lowest BCUT2D eigenvalue weighted by molar-refractivity contribution is 0.275. The molecule has 0 amide bonds.